The van der Waals surface area contributed by atoms with Gasteiger partial charge >= 0.3 is 0 Å². The number of aryl methyl sites for hydroxylation is 2. The summed E-state index contributed by atoms with van der Waals surface area (Å²) in [5.41, 5.74) is 2.41. The third-order valence-electron chi connectivity index (χ3n) is 4.81. The second-order valence-corrected chi connectivity index (χ2v) is 7.18. The van der Waals surface area contributed by atoms with Gasteiger partial charge in [0.25, 0.3) is 0 Å². The van der Waals surface area contributed by atoms with Gasteiger partial charge < -0.3 is 14.5 Å². The van der Waals surface area contributed by atoms with Gasteiger partial charge in [0.2, 0.25) is 5.91 Å². The summed E-state index contributed by atoms with van der Waals surface area (Å²) in [6, 6.07) is 6.27. The number of rotatable bonds is 7. The molecule has 0 atom stereocenters. The molecule has 0 unspecified atom stereocenters. The molecule has 0 N–H and O–H groups in total. The first-order valence-electron chi connectivity index (χ1n) is 9.31. The molecule has 140 valence electrons. The minimum atomic E-state index is 0.190. The number of hydrogen-bond donors (Lipinski definition) is 0. The SMILES string of the molecule is Cc1cccc(C)c1OCCCN1CCCN(CC(=O)N(C)C)CC1. The van der Waals surface area contributed by atoms with Crippen LogP contribution in [0.3, 0.4) is 0 Å². The molecule has 25 heavy (non-hydrogen) atoms. The highest BCUT2D eigenvalue weighted by molar-refractivity contribution is 5.77. The summed E-state index contributed by atoms with van der Waals surface area (Å²) in [6.07, 6.45) is 2.16. The van der Waals surface area contributed by atoms with Crippen LogP contribution >= 0.6 is 0 Å². The Hall–Kier alpha value is -1.59. The van der Waals surface area contributed by atoms with Gasteiger partial charge in [-0.3, -0.25) is 9.69 Å². The number of amides is 1. The van der Waals surface area contributed by atoms with Crippen LogP contribution in [0.5, 0.6) is 5.75 Å². The number of likely N-dealkylation sites (N-methyl/N-ethyl adjacent to an activating group) is 1. The van der Waals surface area contributed by atoms with Crippen LogP contribution in [-0.4, -0.2) is 80.6 Å². The van der Waals surface area contributed by atoms with Gasteiger partial charge in [-0.2, -0.15) is 0 Å². The number of para-hydroxylation sites is 1. The Bertz CT molecular complexity index is 540. The molecule has 0 spiro atoms. The van der Waals surface area contributed by atoms with Gasteiger partial charge in [-0.05, 0) is 50.9 Å². The fraction of sp³-hybridized carbons (Fsp3) is 0.650. The zero-order valence-corrected chi connectivity index (χ0v) is 16.3. The maximum Gasteiger partial charge on any atom is 0.236 e. The Morgan fingerprint density at radius 3 is 2.40 bits per heavy atom. The van der Waals surface area contributed by atoms with E-state index in [9.17, 15) is 4.79 Å². The third-order valence-corrected chi connectivity index (χ3v) is 4.81. The summed E-state index contributed by atoms with van der Waals surface area (Å²) in [5, 5.41) is 0. The first kappa shape index (κ1) is 19.7. The van der Waals surface area contributed by atoms with E-state index in [1.54, 1.807) is 4.90 Å². The topological polar surface area (TPSA) is 36.0 Å². The number of ether oxygens (including phenoxy) is 1. The summed E-state index contributed by atoms with van der Waals surface area (Å²) < 4.78 is 6.00. The smallest absolute Gasteiger partial charge is 0.236 e. The molecule has 0 aliphatic carbocycles. The van der Waals surface area contributed by atoms with Crippen LogP contribution in [0, 0.1) is 13.8 Å². The molecule has 0 saturated carbocycles. The normalized spacial score (nSPS) is 16.5. The predicted octanol–water partition coefficient (Wildman–Crippen LogP) is 2.17. The van der Waals surface area contributed by atoms with Crippen LogP contribution in [0.4, 0.5) is 0 Å². The van der Waals surface area contributed by atoms with E-state index in [0.29, 0.717) is 6.54 Å². The summed E-state index contributed by atoms with van der Waals surface area (Å²) in [5.74, 6) is 1.22. The molecule has 2 rings (SSSR count). The van der Waals surface area contributed by atoms with Crippen LogP contribution in [-0.2, 0) is 4.79 Å². The van der Waals surface area contributed by atoms with Crippen LogP contribution in [0.15, 0.2) is 18.2 Å². The molecule has 0 radical (unpaired) electrons. The lowest BCUT2D eigenvalue weighted by Crippen LogP contribution is -2.38. The average molecular weight is 348 g/mol. The first-order chi connectivity index (χ1) is 12.0. The maximum atomic E-state index is 11.9. The Labute approximate surface area is 152 Å². The van der Waals surface area contributed by atoms with Crippen molar-refractivity contribution in [1.82, 2.24) is 14.7 Å². The van der Waals surface area contributed by atoms with E-state index in [4.69, 9.17) is 4.74 Å². The van der Waals surface area contributed by atoms with Gasteiger partial charge in [0, 0.05) is 33.7 Å². The summed E-state index contributed by atoms with van der Waals surface area (Å²) in [7, 11) is 3.64. The van der Waals surface area contributed by atoms with Crippen LogP contribution < -0.4 is 4.74 Å². The van der Waals surface area contributed by atoms with Crippen molar-refractivity contribution in [3.8, 4) is 5.75 Å². The van der Waals surface area contributed by atoms with Crippen molar-refractivity contribution < 1.29 is 9.53 Å². The van der Waals surface area contributed by atoms with E-state index < -0.39 is 0 Å². The molecule has 1 saturated heterocycles. The zero-order chi connectivity index (χ0) is 18.2. The fourth-order valence-electron chi connectivity index (χ4n) is 3.23. The van der Waals surface area contributed by atoms with Crippen LogP contribution in [0.1, 0.15) is 24.0 Å². The first-order valence-corrected chi connectivity index (χ1v) is 9.31. The van der Waals surface area contributed by atoms with Gasteiger partial charge in [0.15, 0.2) is 0 Å². The molecule has 1 fully saturated rings. The highest BCUT2D eigenvalue weighted by Crippen LogP contribution is 2.22. The Morgan fingerprint density at radius 1 is 1.08 bits per heavy atom. The number of carbonyl (C=O) groups is 1. The van der Waals surface area contributed by atoms with Crippen LogP contribution in [0.25, 0.3) is 0 Å². The molecule has 0 bridgehead atoms. The fourth-order valence-corrected chi connectivity index (χ4v) is 3.23. The van der Waals surface area contributed by atoms with Gasteiger partial charge in [-0.25, -0.2) is 0 Å². The van der Waals surface area contributed by atoms with Crippen LogP contribution in [0.2, 0.25) is 0 Å². The van der Waals surface area contributed by atoms with Crippen molar-refractivity contribution in [3.63, 3.8) is 0 Å². The van der Waals surface area contributed by atoms with E-state index in [2.05, 4.69) is 41.8 Å². The zero-order valence-electron chi connectivity index (χ0n) is 16.3. The van der Waals surface area contributed by atoms with Gasteiger partial charge in [-0.15, -0.1) is 0 Å². The van der Waals surface area contributed by atoms with E-state index in [1.807, 2.05) is 14.1 Å². The average Bonchev–Trinajstić information content (AvgIpc) is 2.79. The number of benzene rings is 1. The van der Waals surface area contributed by atoms with Crippen molar-refractivity contribution in [1.29, 1.82) is 0 Å². The summed E-state index contributed by atoms with van der Waals surface area (Å²) in [6.45, 7) is 10.7. The van der Waals surface area contributed by atoms with E-state index >= 15 is 0 Å². The van der Waals surface area contributed by atoms with Crippen molar-refractivity contribution in [2.24, 2.45) is 0 Å². The number of hydrogen-bond acceptors (Lipinski definition) is 4. The van der Waals surface area contributed by atoms with Crippen molar-refractivity contribution in [3.05, 3.63) is 29.3 Å². The molecular weight excluding hydrogens is 314 g/mol. The molecule has 1 aromatic rings. The molecule has 1 amide bonds. The molecule has 5 nitrogen and oxygen atoms in total. The van der Waals surface area contributed by atoms with Crippen molar-refractivity contribution in [2.45, 2.75) is 26.7 Å². The summed E-state index contributed by atoms with van der Waals surface area (Å²) in [4.78, 5) is 18.3. The number of carbonyl (C=O) groups excluding carboxylic acids is 1. The lowest BCUT2D eigenvalue weighted by atomic mass is 10.1. The third kappa shape index (κ3) is 6.33. The van der Waals surface area contributed by atoms with E-state index in [1.165, 1.54) is 11.1 Å². The predicted molar refractivity (Wildman–Crippen MR) is 102 cm³/mol. The lowest BCUT2D eigenvalue weighted by molar-refractivity contribution is -0.129. The quantitative estimate of drug-likeness (QED) is 0.708. The second kappa shape index (κ2) is 9.78. The maximum absolute atomic E-state index is 11.9. The monoisotopic (exact) mass is 347 g/mol. The molecule has 0 aromatic heterocycles. The van der Waals surface area contributed by atoms with Gasteiger partial charge in [0.1, 0.15) is 5.75 Å². The standard InChI is InChI=1S/C20H33N3O2/c1-17-8-5-9-18(2)20(17)25-15-7-12-22-10-6-11-23(14-13-22)16-19(24)21(3)4/h5,8-9H,6-7,10-16H2,1-4H3. The van der Waals surface area contributed by atoms with Crippen molar-refractivity contribution >= 4 is 5.91 Å². The van der Waals surface area contributed by atoms with E-state index in [0.717, 1.165) is 57.9 Å². The Balaban J connectivity index is 1.69. The highest BCUT2D eigenvalue weighted by Gasteiger charge is 2.17. The Kier molecular flexibility index (Phi) is 7.72. The molecule has 1 aliphatic rings. The highest BCUT2D eigenvalue weighted by atomic mass is 16.5. The molecule has 5 heteroatoms. The minimum absolute atomic E-state index is 0.190. The molecule has 1 aromatic carbocycles. The molecule has 1 heterocycles. The lowest BCUT2D eigenvalue weighted by Gasteiger charge is -2.22. The Morgan fingerprint density at radius 2 is 1.72 bits per heavy atom. The molecule has 1 aliphatic heterocycles. The van der Waals surface area contributed by atoms with Crippen molar-refractivity contribution in [2.75, 3.05) is 60.0 Å². The largest absolute Gasteiger partial charge is 0.493 e. The van der Waals surface area contributed by atoms with E-state index in [-0.39, 0.29) is 5.91 Å². The number of nitrogens with zero attached hydrogens (tertiary/aromatic N) is 3. The second-order valence-electron chi connectivity index (χ2n) is 7.18. The molecular formula is C20H33N3O2. The van der Waals surface area contributed by atoms with Gasteiger partial charge in [-0.1, -0.05) is 18.2 Å². The van der Waals surface area contributed by atoms with Gasteiger partial charge in [0.05, 0.1) is 13.2 Å². The summed E-state index contributed by atoms with van der Waals surface area (Å²) >= 11 is 0. The minimum Gasteiger partial charge on any atom is -0.493 e.